The van der Waals surface area contributed by atoms with Crippen molar-refractivity contribution in [3.05, 3.63) is 69.1 Å². The number of ether oxygens (including phenoxy) is 1. The van der Waals surface area contributed by atoms with Gasteiger partial charge in [0.05, 0.1) is 18.3 Å². The fourth-order valence-corrected chi connectivity index (χ4v) is 5.13. The molecule has 0 amide bonds. The van der Waals surface area contributed by atoms with E-state index in [1.165, 1.54) is 14.4 Å². The minimum atomic E-state index is -1.08. The maximum Gasteiger partial charge on any atom is 0.278 e. The summed E-state index contributed by atoms with van der Waals surface area (Å²) in [5, 5.41) is -0.0581. The third-order valence-corrected chi connectivity index (χ3v) is 7.66. The molecule has 0 N–H and O–H groups in total. The summed E-state index contributed by atoms with van der Waals surface area (Å²) < 4.78 is 62.9. The van der Waals surface area contributed by atoms with Crippen molar-refractivity contribution >= 4 is 63.6 Å². The number of nitrogens with zero attached hydrogens (tertiary/aromatic N) is 4. The fourth-order valence-electron chi connectivity index (χ4n) is 2.78. The third kappa shape index (κ3) is 5.27. The number of halogens is 5. The van der Waals surface area contributed by atoms with E-state index in [1.54, 1.807) is 0 Å². The van der Waals surface area contributed by atoms with Crippen molar-refractivity contribution in [1.82, 2.24) is 19.5 Å². The summed E-state index contributed by atoms with van der Waals surface area (Å²) in [5.41, 5.74) is 0.305. The molecule has 1 aromatic carbocycles. The molecule has 3 heterocycles. The number of aromatic nitrogens is 4. The number of hydrogen-bond donors (Lipinski definition) is 0. The van der Waals surface area contributed by atoms with Crippen LogP contribution >= 0.6 is 53.2 Å². The van der Waals surface area contributed by atoms with Gasteiger partial charge in [0.25, 0.3) is 5.56 Å². The van der Waals surface area contributed by atoms with Gasteiger partial charge in [0.2, 0.25) is 5.88 Å². The Morgan fingerprint density at radius 3 is 2.55 bits per heavy atom. The highest BCUT2D eigenvalue weighted by atomic mass is 127. The normalized spacial score (nSPS) is 11.3. The smallest absolute Gasteiger partial charge is 0.278 e. The zero-order chi connectivity index (χ0) is 23.5. The van der Waals surface area contributed by atoms with Crippen LogP contribution in [0, 0.1) is 23.3 Å². The molecule has 0 saturated carbocycles. The monoisotopic (exact) mass is 626 g/mol. The Bertz CT molecular complexity index is 1360. The average Bonchev–Trinajstić information content (AvgIpc) is 3.23. The van der Waals surface area contributed by atoms with Gasteiger partial charge in [-0.15, -0.1) is 11.3 Å². The summed E-state index contributed by atoms with van der Waals surface area (Å²) >= 11 is 3.91. The number of thiazole rings is 1. The fraction of sp³-hybridized carbons (Fsp3) is 0.158. The van der Waals surface area contributed by atoms with Crippen molar-refractivity contribution in [3.8, 4) is 11.6 Å². The molecule has 0 unspecified atom stereocenters. The lowest BCUT2D eigenvalue weighted by Gasteiger charge is -2.13. The second-order valence-corrected chi connectivity index (χ2v) is 10.6. The first-order chi connectivity index (χ1) is 15.9. The van der Waals surface area contributed by atoms with Crippen LogP contribution in [-0.2, 0) is 5.75 Å². The maximum atomic E-state index is 15.0. The molecule has 172 valence electrons. The van der Waals surface area contributed by atoms with Crippen molar-refractivity contribution < 1.29 is 22.3 Å². The minimum absolute atomic E-state index is 0.0474. The maximum absolute atomic E-state index is 15.0. The number of pyridine rings is 1. The van der Waals surface area contributed by atoms with Gasteiger partial charge in [-0.25, -0.2) is 37.1 Å². The van der Waals surface area contributed by atoms with E-state index in [9.17, 15) is 22.4 Å². The van der Waals surface area contributed by atoms with E-state index in [0.29, 0.717) is 24.5 Å². The van der Waals surface area contributed by atoms with Gasteiger partial charge in [-0.2, -0.15) is 0 Å². The van der Waals surface area contributed by atoms with Gasteiger partial charge in [0, 0.05) is 35.3 Å². The Kier molecular flexibility index (Phi) is 7.76. The molecule has 0 spiro atoms. The minimum Gasteiger partial charge on any atom is -0.477 e. The van der Waals surface area contributed by atoms with E-state index in [1.807, 2.05) is 0 Å². The summed E-state index contributed by atoms with van der Waals surface area (Å²) in [5.74, 6) is -3.61. The molecule has 0 aliphatic heterocycles. The molecule has 0 saturated heterocycles. The van der Waals surface area contributed by atoms with Crippen LogP contribution in [0.1, 0.15) is 5.56 Å². The average molecular weight is 626 g/mol. The van der Waals surface area contributed by atoms with E-state index in [0.717, 1.165) is 39.9 Å². The van der Waals surface area contributed by atoms with Crippen molar-refractivity contribution in [2.24, 2.45) is 0 Å². The predicted molar refractivity (Wildman–Crippen MR) is 129 cm³/mol. The second kappa shape index (κ2) is 10.6. The first kappa shape index (κ1) is 24.2. The molecular formula is C19H11F4IN4O2S3. The largest absolute Gasteiger partial charge is 0.477 e. The number of benzene rings is 1. The Morgan fingerprint density at radius 2 is 1.85 bits per heavy atom. The van der Waals surface area contributed by atoms with Crippen LogP contribution in [0.25, 0.3) is 16.0 Å². The molecule has 0 aliphatic carbocycles. The summed E-state index contributed by atoms with van der Waals surface area (Å²) in [6.07, 6.45) is 1.13. The SMILES string of the molecule is O=c1c2scnc2nc(SCc2c(F)cc(F)cc2F)n1-c1cnc(OCCSI)cc1F. The molecular weight excluding hydrogens is 615 g/mol. The zero-order valence-corrected chi connectivity index (χ0v) is 20.8. The van der Waals surface area contributed by atoms with Gasteiger partial charge in [-0.05, 0) is 21.2 Å². The molecule has 0 radical (unpaired) electrons. The molecule has 4 rings (SSSR count). The molecule has 0 fully saturated rings. The predicted octanol–water partition coefficient (Wildman–Crippen LogP) is 5.55. The van der Waals surface area contributed by atoms with E-state index in [4.69, 9.17) is 4.74 Å². The van der Waals surface area contributed by atoms with Crippen LogP contribution in [0.15, 0.2) is 39.9 Å². The van der Waals surface area contributed by atoms with E-state index in [2.05, 4.69) is 36.2 Å². The summed E-state index contributed by atoms with van der Waals surface area (Å²) in [4.78, 5) is 25.4. The number of rotatable bonds is 8. The van der Waals surface area contributed by atoms with Gasteiger partial charge in [0.15, 0.2) is 16.6 Å². The van der Waals surface area contributed by atoms with E-state index in [-0.39, 0.29) is 32.8 Å². The van der Waals surface area contributed by atoms with Gasteiger partial charge >= 0.3 is 0 Å². The lowest BCUT2D eigenvalue weighted by molar-refractivity contribution is 0.328. The number of hydrogen-bond acceptors (Lipinski definition) is 8. The highest BCUT2D eigenvalue weighted by molar-refractivity contribution is 14.2. The highest BCUT2D eigenvalue weighted by Gasteiger charge is 2.20. The molecule has 6 nitrogen and oxygen atoms in total. The number of fused-ring (bicyclic) bond motifs is 1. The highest BCUT2D eigenvalue weighted by Crippen LogP contribution is 2.29. The van der Waals surface area contributed by atoms with Crippen LogP contribution < -0.4 is 10.3 Å². The number of thioether (sulfide) groups is 1. The molecule has 0 bridgehead atoms. The second-order valence-electron chi connectivity index (χ2n) is 6.31. The topological polar surface area (TPSA) is 69.9 Å². The van der Waals surface area contributed by atoms with Crippen LogP contribution in [0.4, 0.5) is 17.6 Å². The van der Waals surface area contributed by atoms with Crippen LogP contribution in [-0.4, -0.2) is 31.9 Å². The first-order valence-electron chi connectivity index (χ1n) is 9.03. The molecule has 3 aromatic heterocycles. The lowest BCUT2D eigenvalue weighted by atomic mass is 10.2. The quantitative estimate of drug-likeness (QED) is 0.0836. The van der Waals surface area contributed by atoms with Gasteiger partial charge < -0.3 is 4.74 Å². The van der Waals surface area contributed by atoms with Crippen molar-refractivity contribution in [1.29, 1.82) is 0 Å². The standard InChI is InChI=1S/C19H11F4IN4O2S3/c20-9-3-11(21)10(12(22)4-9)7-31-19-27-17-16(32-8-26-17)18(29)28(19)14-6-25-15(5-13(14)23)30-1-2-33-24/h3-6,8H,1-2,7H2. The van der Waals surface area contributed by atoms with Gasteiger partial charge in [0.1, 0.15) is 27.8 Å². The summed E-state index contributed by atoms with van der Waals surface area (Å²) in [6, 6.07) is 2.16. The molecule has 0 atom stereocenters. The zero-order valence-electron chi connectivity index (χ0n) is 16.2. The third-order valence-electron chi connectivity index (χ3n) is 4.25. The van der Waals surface area contributed by atoms with Gasteiger partial charge in [-0.1, -0.05) is 20.7 Å². The van der Waals surface area contributed by atoms with E-state index < -0.39 is 34.4 Å². The molecule has 0 aliphatic rings. The Labute approximate surface area is 208 Å². The molecule has 33 heavy (non-hydrogen) atoms. The van der Waals surface area contributed by atoms with Crippen LogP contribution in [0.3, 0.4) is 0 Å². The Balaban J connectivity index is 1.75. The Hall–Kier alpha value is -1.91. The van der Waals surface area contributed by atoms with Crippen molar-refractivity contribution in [3.63, 3.8) is 0 Å². The van der Waals surface area contributed by atoms with Gasteiger partial charge in [-0.3, -0.25) is 4.79 Å². The van der Waals surface area contributed by atoms with Crippen LogP contribution in [0.2, 0.25) is 0 Å². The molecule has 14 heteroatoms. The van der Waals surface area contributed by atoms with Crippen molar-refractivity contribution in [2.75, 3.05) is 12.4 Å². The van der Waals surface area contributed by atoms with Crippen LogP contribution in [0.5, 0.6) is 5.88 Å². The lowest BCUT2D eigenvalue weighted by Crippen LogP contribution is -2.22. The Morgan fingerprint density at radius 1 is 1.09 bits per heavy atom. The first-order valence-corrected chi connectivity index (χ1v) is 14.4. The summed E-state index contributed by atoms with van der Waals surface area (Å²) in [6.45, 7) is 0.323. The van der Waals surface area contributed by atoms with Crippen molar-refractivity contribution in [2.45, 2.75) is 10.9 Å². The molecule has 4 aromatic rings. The summed E-state index contributed by atoms with van der Waals surface area (Å²) in [7, 11) is 1.53. The van der Waals surface area contributed by atoms with E-state index >= 15 is 0 Å².